The van der Waals surface area contributed by atoms with Crippen LogP contribution in [-0.4, -0.2) is 36.6 Å². The Balaban J connectivity index is 2.59. The Morgan fingerprint density at radius 1 is 1.50 bits per heavy atom. The molecule has 0 radical (unpaired) electrons. The highest BCUT2D eigenvalue weighted by Crippen LogP contribution is 2.11. The first kappa shape index (κ1) is 12.5. The van der Waals surface area contributed by atoms with Gasteiger partial charge in [-0.1, -0.05) is 6.92 Å². The van der Waals surface area contributed by atoms with E-state index in [0.29, 0.717) is 11.4 Å². The fourth-order valence-electron chi connectivity index (χ4n) is 1.30. The fourth-order valence-corrected chi connectivity index (χ4v) is 1.30. The molecule has 0 amide bonds. The summed E-state index contributed by atoms with van der Waals surface area (Å²) in [6, 6.07) is 5.79. The van der Waals surface area contributed by atoms with Crippen LogP contribution in [0.1, 0.15) is 18.2 Å². The first-order chi connectivity index (χ1) is 7.67. The van der Waals surface area contributed by atoms with Crippen molar-refractivity contribution < 1.29 is 0 Å². The first-order valence-corrected chi connectivity index (χ1v) is 5.47. The van der Waals surface area contributed by atoms with Gasteiger partial charge in [0, 0.05) is 18.8 Å². The number of aromatic nitrogens is 1. The molecule has 86 valence electrons. The third-order valence-electron chi connectivity index (χ3n) is 2.48. The second kappa shape index (κ2) is 6.09. The molecule has 0 bridgehead atoms. The summed E-state index contributed by atoms with van der Waals surface area (Å²) in [7, 11) is 2.07. The van der Waals surface area contributed by atoms with Crippen molar-refractivity contribution in [1.29, 1.82) is 5.26 Å². The third kappa shape index (κ3) is 3.52. The van der Waals surface area contributed by atoms with Gasteiger partial charge in [0.25, 0.3) is 0 Å². The van der Waals surface area contributed by atoms with E-state index in [1.165, 1.54) is 0 Å². The molecule has 4 nitrogen and oxygen atoms in total. The Kier molecular flexibility index (Phi) is 4.74. The molecule has 1 aromatic heterocycles. The van der Waals surface area contributed by atoms with Crippen molar-refractivity contribution in [2.24, 2.45) is 0 Å². The van der Waals surface area contributed by atoms with Gasteiger partial charge < -0.3 is 10.2 Å². The molecule has 0 aromatic carbocycles. The van der Waals surface area contributed by atoms with Crippen molar-refractivity contribution >= 4 is 5.82 Å². The van der Waals surface area contributed by atoms with E-state index in [1.54, 1.807) is 6.07 Å². The van der Waals surface area contributed by atoms with Crippen molar-refractivity contribution in [3.63, 3.8) is 0 Å². The molecule has 1 heterocycles. The Labute approximate surface area is 96.9 Å². The second-order valence-electron chi connectivity index (χ2n) is 3.78. The summed E-state index contributed by atoms with van der Waals surface area (Å²) in [4.78, 5) is 6.52. The molecular formula is C12H18N4. The number of likely N-dealkylation sites (N-methyl/N-ethyl adjacent to an activating group) is 1. The maximum absolute atomic E-state index is 8.92. The smallest absolute Gasteiger partial charge is 0.144 e. The van der Waals surface area contributed by atoms with Gasteiger partial charge in [0.2, 0.25) is 0 Å². The topological polar surface area (TPSA) is 52.0 Å². The lowest BCUT2D eigenvalue weighted by Gasteiger charge is -2.14. The minimum absolute atomic E-state index is 0.602. The van der Waals surface area contributed by atoms with Gasteiger partial charge >= 0.3 is 0 Å². The minimum Gasteiger partial charge on any atom is -0.368 e. The molecule has 0 fully saturated rings. The van der Waals surface area contributed by atoms with Gasteiger partial charge in [-0.25, -0.2) is 4.98 Å². The van der Waals surface area contributed by atoms with Crippen LogP contribution in [0.15, 0.2) is 12.1 Å². The van der Waals surface area contributed by atoms with Crippen LogP contribution in [0, 0.1) is 18.3 Å². The highest BCUT2D eigenvalue weighted by Gasteiger charge is 2.03. The molecule has 0 atom stereocenters. The van der Waals surface area contributed by atoms with Crippen LogP contribution >= 0.6 is 0 Å². The molecule has 0 aliphatic carbocycles. The van der Waals surface area contributed by atoms with E-state index in [0.717, 1.165) is 25.3 Å². The second-order valence-corrected chi connectivity index (χ2v) is 3.78. The molecule has 1 N–H and O–H groups in total. The van der Waals surface area contributed by atoms with Crippen LogP contribution in [0.3, 0.4) is 0 Å². The summed E-state index contributed by atoms with van der Waals surface area (Å²) in [6.07, 6.45) is 0. The van der Waals surface area contributed by atoms with Crippen LogP contribution < -0.4 is 5.32 Å². The zero-order valence-electron chi connectivity index (χ0n) is 10.1. The predicted octanol–water partition coefficient (Wildman–Crippen LogP) is 1.63. The van der Waals surface area contributed by atoms with Crippen LogP contribution in [0.2, 0.25) is 0 Å². The number of hydrogen-bond acceptors (Lipinski definition) is 4. The maximum atomic E-state index is 8.92. The normalized spacial score (nSPS) is 10.2. The number of anilines is 1. The van der Waals surface area contributed by atoms with E-state index in [9.17, 15) is 0 Å². The largest absolute Gasteiger partial charge is 0.368 e. The number of rotatable bonds is 5. The fraction of sp³-hybridized carbons (Fsp3) is 0.500. The van der Waals surface area contributed by atoms with Gasteiger partial charge in [0.1, 0.15) is 11.9 Å². The molecule has 16 heavy (non-hydrogen) atoms. The Morgan fingerprint density at radius 3 is 2.88 bits per heavy atom. The Bertz CT molecular complexity index is 381. The SMILES string of the molecule is CCN(C)CCNc1nc(C)ccc1C#N. The molecule has 0 spiro atoms. The van der Waals surface area contributed by atoms with E-state index in [1.807, 2.05) is 13.0 Å². The van der Waals surface area contributed by atoms with Crippen molar-refractivity contribution in [2.45, 2.75) is 13.8 Å². The van der Waals surface area contributed by atoms with Crippen LogP contribution in [0.5, 0.6) is 0 Å². The first-order valence-electron chi connectivity index (χ1n) is 5.47. The molecule has 0 aliphatic heterocycles. The zero-order chi connectivity index (χ0) is 12.0. The minimum atomic E-state index is 0.602. The predicted molar refractivity (Wildman–Crippen MR) is 65.3 cm³/mol. The Hall–Kier alpha value is -1.60. The van der Waals surface area contributed by atoms with Crippen molar-refractivity contribution in [3.8, 4) is 6.07 Å². The van der Waals surface area contributed by atoms with E-state index in [4.69, 9.17) is 5.26 Å². The number of pyridine rings is 1. The monoisotopic (exact) mass is 218 g/mol. The number of aryl methyl sites for hydroxylation is 1. The third-order valence-corrected chi connectivity index (χ3v) is 2.48. The molecular weight excluding hydrogens is 200 g/mol. The van der Waals surface area contributed by atoms with Crippen molar-refractivity contribution in [1.82, 2.24) is 9.88 Å². The van der Waals surface area contributed by atoms with E-state index in [-0.39, 0.29) is 0 Å². The number of hydrogen-bond donors (Lipinski definition) is 1. The lowest BCUT2D eigenvalue weighted by atomic mass is 10.2. The van der Waals surface area contributed by atoms with Crippen LogP contribution in [-0.2, 0) is 0 Å². The molecule has 0 saturated carbocycles. The molecule has 0 saturated heterocycles. The average molecular weight is 218 g/mol. The molecule has 0 unspecified atom stereocenters. The van der Waals surface area contributed by atoms with Gasteiger partial charge in [-0.05, 0) is 32.6 Å². The summed E-state index contributed by atoms with van der Waals surface area (Å²) < 4.78 is 0. The van der Waals surface area contributed by atoms with Gasteiger partial charge in [-0.3, -0.25) is 0 Å². The summed E-state index contributed by atoms with van der Waals surface area (Å²) >= 11 is 0. The lowest BCUT2D eigenvalue weighted by molar-refractivity contribution is 0.367. The summed E-state index contributed by atoms with van der Waals surface area (Å²) in [5.74, 6) is 0.687. The van der Waals surface area contributed by atoms with Gasteiger partial charge in [0.15, 0.2) is 0 Å². The number of nitrogens with zero attached hydrogens (tertiary/aromatic N) is 3. The van der Waals surface area contributed by atoms with E-state index < -0.39 is 0 Å². The summed E-state index contributed by atoms with van der Waals surface area (Å²) in [6.45, 7) is 6.80. The number of nitrogens with one attached hydrogen (secondary N) is 1. The molecule has 1 rings (SSSR count). The Morgan fingerprint density at radius 2 is 2.25 bits per heavy atom. The quantitative estimate of drug-likeness (QED) is 0.816. The zero-order valence-corrected chi connectivity index (χ0v) is 10.1. The molecule has 4 heteroatoms. The maximum Gasteiger partial charge on any atom is 0.144 e. The van der Waals surface area contributed by atoms with Gasteiger partial charge in [-0.15, -0.1) is 0 Å². The standard InChI is InChI=1S/C12H18N4/c1-4-16(3)8-7-14-12-11(9-13)6-5-10(2)15-12/h5-6H,4,7-8H2,1-3H3,(H,14,15). The van der Waals surface area contributed by atoms with E-state index in [2.05, 4.69) is 35.2 Å². The summed E-state index contributed by atoms with van der Waals surface area (Å²) in [5.41, 5.74) is 1.52. The average Bonchev–Trinajstić information content (AvgIpc) is 2.29. The van der Waals surface area contributed by atoms with Crippen molar-refractivity contribution in [2.75, 3.05) is 32.0 Å². The number of nitriles is 1. The van der Waals surface area contributed by atoms with Gasteiger partial charge in [0.05, 0.1) is 5.56 Å². The van der Waals surface area contributed by atoms with Gasteiger partial charge in [-0.2, -0.15) is 5.26 Å². The van der Waals surface area contributed by atoms with E-state index >= 15 is 0 Å². The summed E-state index contributed by atoms with van der Waals surface area (Å²) in [5, 5.41) is 12.1. The molecule has 1 aromatic rings. The molecule has 0 aliphatic rings. The lowest BCUT2D eigenvalue weighted by Crippen LogP contribution is -2.25. The van der Waals surface area contributed by atoms with Crippen LogP contribution in [0.25, 0.3) is 0 Å². The van der Waals surface area contributed by atoms with Crippen molar-refractivity contribution in [3.05, 3.63) is 23.4 Å². The highest BCUT2D eigenvalue weighted by molar-refractivity contribution is 5.52. The highest BCUT2D eigenvalue weighted by atomic mass is 15.1. The van der Waals surface area contributed by atoms with Crippen LogP contribution in [0.4, 0.5) is 5.82 Å².